The third kappa shape index (κ3) is 2.97. The maximum Gasteiger partial charge on any atom is 0.416 e. The van der Waals surface area contributed by atoms with Gasteiger partial charge in [-0.1, -0.05) is 19.9 Å². The van der Waals surface area contributed by atoms with Crippen LogP contribution in [0, 0.1) is 16.7 Å². The number of alkyl halides is 3. The van der Waals surface area contributed by atoms with Gasteiger partial charge in [-0.2, -0.15) is 18.4 Å². The molecule has 1 atom stereocenters. The third-order valence-electron chi connectivity index (χ3n) is 3.57. The minimum atomic E-state index is -4.44. The number of rotatable bonds is 1. The highest BCUT2D eigenvalue weighted by molar-refractivity contribution is 6.03. The van der Waals surface area contributed by atoms with E-state index in [1.807, 2.05) is 6.07 Å². The van der Waals surface area contributed by atoms with E-state index in [-0.39, 0.29) is 17.1 Å². The van der Waals surface area contributed by atoms with E-state index in [4.69, 9.17) is 5.26 Å². The van der Waals surface area contributed by atoms with E-state index in [0.717, 1.165) is 18.3 Å². The number of halogens is 3. The zero-order valence-corrected chi connectivity index (χ0v) is 11.5. The molecule has 21 heavy (non-hydrogen) atoms. The molecule has 1 aromatic heterocycles. The lowest BCUT2D eigenvalue weighted by atomic mass is 9.71. The summed E-state index contributed by atoms with van der Waals surface area (Å²) in [4.78, 5) is 16.0. The Morgan fingerprint density at radius 3 is 2.67 bits per heavy atom. The summed E-state index contributed by atoms with van der Waals surface area (Å²) in [5.74, 6) is -0.761. The van der Waals surface area contributed by atoms with E-state index in [1.165, 1.54) is 6.08 Å². The maximum absolute atomic E-state index is 12.7. The molecule has 1 heterocycles. The predicted octanol–water partition coefficient (Wildman–Crippen LogP) is 3.63. The number of hydrogen-bond donors (Lipinski definition) is 0. The lowest BCUT2D eigenvalue weighted by Gasteiger charge is -2.31. The molecule has 0 amide bonds. The van der Waals surface area contributed by atoms with Gasteiger partial charge >= 0.3 is 6.18 Å². The number of nitriles is 1. The van der Waals surface area contributed by atoms with Crippen LogP contribution in [0.5, 0.6) is 0 Å². The van der Waals surface area contributed by atoms with Crippen molar-refractivity contribution in [1.82, 2.24) is 4.98 Å². The second-order valence-corrected chi connectivity index (χ2v) is 5.68. The Kier molecular flexibility index (Phi) is 3.62. The fraction of sp³-hybridized carbons (Fsp3) is 0.400. The molecule has 0 saturated heterocycles. The smallest absolute Gasteiger partial charge is 0.293 e. The fourth-order valence-electron chi connectivity index (χ4n) is 2.45. The van der Waals surface area contributed by atoms with Crippen LogP contribution in [-0.4, -0.2) is 10.8 Å². The molecule has 3 nitrogen and oxygen atoms in total. The summed E-state index contributed by atoms with van der Waals surface area (Å²) in [6.07, 6.45) is -1.61. The minimum absolute atomic E-state index is 0.0181. The first-order valence-corrected chi connectivity index (χ1v) is 6.35. The van der Waals surface area contributed by atoms with Gasteiger partial charge in [0.25, 0.3) is 0 Å². The fourth-order valence-corrected chi connectivity index (χ4v) is 2.45. The predicted molar refractivity (Wildman–Crippen MR) is 69.1 cm³/mol. The zero-order chi connectivity index (χ0) is 15.8. The molecule has 2 rings (SSSR count). The largest absolute Gasteiger partial charge is 0.416 e. The lowest BCUT2D eigenvalue weighted by Crippen LogP contribution is -2.31. The normalized spacial score (nSPS) is 21.6. The van der Waals surface area contributed by atoms with Crippen molar-refractivity contribution in [1.29, 1.82) is 5.26 Å². The van der Waals surface area contributed by atoms with Gasteiger partial charge in [-0.25, -0.2) is 0 Å². The summed E-state index contributed by atoms with van der Waals surface area (Å²) in [6.45, 7) is 3.36. The van der Waals surface area contributed by atoms with Gasteiger partial charge in [0.2, 0.25) is 0 Å². The van der Waals surface area contributed by atoms with Crippen LogP contribution >= 0.6 is 0 Å². The van der Waals surface area contributed by atoms with Crippen LogP contribution in [-0.2, 0) is 11.0 Å². The maximum atomic E-state index is 12.7. The summed E-state index contributed by atoms with van der Waals surface area (Å²) in [7, 11) is 0. The molecule has 0 bridgehead atoms. The molecule has 1 unspecified atom stereocenters. The first kappa shape index (κ1) is 15.2. The molecule has 110 valence electrons. The average Bonchev–Trinajstić information content (AvgIpc) is 2.41. The topological polar surface area (TPSA) is 53.8 Å². The Labute approximate surface area is 120 Å². The van der Waals surface area contributed by atoms with E-state index < -0.39 is 23.1 Å². The van der Waals surface area contributed by atoms with Crippen LogP contribution in [0.25, 0.3) is 0 Å². The summed E-state index contributed by atoms with van der Waals surface area (Å²) >= 11 is 0. The van der Waals surface area contributed by atoms with Gasteiger partial charge in [0.15, 0.2) is 5.78 Å². The number of ketones is 1. The molecule has 0 radical (unpaired) electrons. The van der Waals surface area contributed by atoms with Gasteiger partial charge < -0.3 is 0 Å². The number of carbonyl (C=O) groups is 1. The van der Waals surface area contributed by atoms with Crippen molar-refractivity contribution in [3.8, 4) is 6.07 Å². The number of carbonyl (C=O) groups excluding carboxylic acids is 1. The van der Waals surface area contributed by atoms with E-state index >= 15 is 0 Å². The van der Waals surface area contributed by atoms with Crippen LogP contribution < -0.4 is 0 Å². The van der Waals surface area contributed by atoms with Gasteiger partial charge in [0.05, 0.1) is 11.1 Å². The van der Waals surface area contributed by atoms with Crippen LogP contribution in [0.4, 0.5) is 13.2 Å². The SMILES string of the molecule is CC1(C)CC(c2cc(C(F)(F)F)ccn2)C=C(C#N)C1=O. The number of nitrogens with zero attached hydrogens (tertiary/aromatic N) is 2. The monoisotopic (exact) mass is 294 g/mol. The molecule has 0 N–H and O–H groups in total. The summed E-state index contributed by atoms with van der Waals surface area (Å²) in [5, 5.41) is 9.00. The molecule has 0 aromatic carbocycles. The summed E-state index contributed by atoms with van der Waals surface area (Å²) < 4.78 is 38.2. The quantitative estimate of drug-likeness (QED) is 0.794. The standard InChI is InChI=1S/C15H13F3N2O/c1-14(2)7-9(5-10(8-19)13(14)21)12-6-11(3-4-20-12)15(16,17)18/h3-6,9H,7H2,1-2H3. The third-order valence-corrected chi connectivity index (χ3v) is 3.57. The van der Waals surface area contributed by atoms with Crippen molar-refractivity contribution in [3.63, 3.8) is 0 Å². The zero-order valence-electron chi connectivity index (χ0n) is 11.5. The molecular formula is C15H13F3N2O. The summed E-state index contributed by atoms with van der Waals surface area (Å²) in [6, 6.07) is 3.69. The number of hydrogen-bond acceptors (Lipinski definition) is 3. The van der Waals surface area contributed by atoms with Crippen molar-refractivity contribution in [3.05, 3.63) is 41.2 Å². The van der Waals surface area contributed by atoms with Crippen molar-refractivity contribution >= 4 is 5.78 Å². The van der Waals surface area contributed by atoms with Crippen molar-refractivity contribution in [2.24, 2.45) is 5.41 Å². The number of allylic oxidation sites excluding steroid dienone is 2. The number of pyridine rings is 1. The first-order valence-electron chi connectivity index (χ1n) is 6.35. The molecule has 0 spiro atoms. The molecule has 0 fully saturated rings. The Bertz CT molecular complexity index is 654. The van der Waals surface area contributed by atoms with Gasteiger partial charge in [-0.3, -0.25) is 9.78 Å². The van der Waals surface area contributed by atoms with Gasteiger partial charge in [0, 0.05) is 23.2 Å². The highest BCUT2D eigenvalue weighted by Gasteiger charge is 2.38. The van der Waals surface area contributed by atoms with Crippen molar-refractivity contribution in [2.45, 2.75) is 32.4 Å². The van der Waals surface area contributed by atoms with Crippen LogP contribution in [0.3, 0.4) is 0 Å². The number of aromatic nitrogens is 1. The average molecular weight is 294 g/mol. The van der Waals surface area contributed by atoms with Gasteiger partial charge in [0.1, 0.15) is 6.07 Å². The first-order chi connectivity index (χ1) is 9.65. The highest BCUT2D eigenvalue weighted by Crippen LogP contribution is 2.40. The molecule has 6 heteroatoms. The highest BCUT2D eigenvalue weighted by atomic mass is 19.4. The Morgan fingerprint density at radius 2 is 2.10 bits per heavy atom. The molecular weight excluding hydrogens is 281 g/mol. The lowest BCUT2D eigenvalue weighted by molar-refractivity contribution is -0.137. The van der Waals surface area contributed by atoms with E-state index in [0.29, 0.717) is 6.42 Å². The second kappa shape index (κ2) is 4.99. The van der Waals surface area contributed by atoms with E-state index in [2.05, 4.69) is 4.98 Å². The molecule has 1 aliphatic rings. The Morgan fingerprint density at radius 1 is 1.43 bits per heavy atom. The molecule has 0 aliphatic heterocycles. The molecule has 1 aliphatic carbocycles. The molecule has 1 aromatic rings. The van der Waals surface area contributed by atoms with Crippen molar-refractivity contribution < 1.29 is 18.0 Å². The summed E-state index contributed by atoms with van der Waals surface area (Å²) in [5.41, 5.74) is -1.37. The minimum Gasteiger partial charge on any atom is -0.293 e. The Hall–Kier alpha value is -2.16. The molecule has 0 saturated carbocycles. The van der Waals surface area contributed by atoms with Crippen LogP contribution in [0.2, 0.25) is 0 Å². The van der Waals surface area contributed by atoms with E-state index in [1.54, 1.807) is 13.8 Å². The second-order valence-electron chi connectivity index (χ2n) is 5.68. The van der Waals surface area contributed by atoms with E-state index in [9.17, 15) is 18.0 Å². The number of Topliss-reactive ketones (excluding diaryl/α,β-unsaturated/α-hetero) is 1. The van der Waals surface area contributed by atoms with Gasteiger partial charge in [-0.15, -0.1) is 0 Å². The van der Waals surface area contributed by atoms with Gasteiger partial charge in [-0.05, 0) is 18.6 Å². The van der Waals surface area contributed by atoms with Crippen molar-refractivity contribution in [2.75, 3.05) is 0 Å². The van der Waals surface area contributed by atoms with Crippen LogP contribution in [0.15, 0.2) is 30.0 Å². The van der Waals surface area contributed by atoms with Crippen LogP contribution in [0.1, 0.15) is 37.4 Å². The Balaban J connectivity index is 2.46.